The zero-order valence-electron chi connectivity index (χ0n) is 11.7. The fourth-order valence-corrected chi connectivity index (χ4v) is 1.77. The zero-order chi connectivity index (χ0) is 15.4. The van der Waals surface area contributed by atoms with Crippen molar-refractivity contribution in [3.05, 3.63) is 58.0 Å². The van der Waals surface area contributed by atoms with Crippen molar-refractivity contribution in [2.45, 2.75) is 13.8 Å². The Kier molecular flexibility index (Phi) is 4.27. The number of carbonyl (C=O) groups is 2. The Morgan fingerprint density at radius 2 is 1.90 bits per heavy atom. The van der Waals surface area contributed by atoms with Crippen LogP contribution in [0.25, 0.3) is 5.69 Å². The first kappa shape index (κ1) is 14.6. The molecule has 0 unspecified atom stereocenters. The van der Waals surface area contributed by atoms with E-state index in [1.54, 1.807) is 37.3 Å². The first-order valence-electron chi connectivity index (χ1n) is 6.42. The van der Waals surface area contributed by atoms with Gasteiger partial charge in [-0.3, -0.25) is 9.59 Å². The summed E-state index contributed by atoms with van der Waals surface area (Å²) < 4.78 is 5.87. The Hall–Kier alpha value is -2.76. The average molecular weight is 286 g/mol. The van der Waals surface area contributed by atoms with Crippen LogP contribution in [0.15, 0.2) is 41.2 Å². The highest BCUT2D eigenvalue weighted by Crippen LogP contribution is 2.06. The van der Waals surface area contributed by atoms with Crippen LogP contribution in [0.5, 0.6) is 0 Å². The van der Waals surface area contributed by atoms with E-state index in [4.69, 9.17) is 4.74 Å². The summed E-state index contributed by atoms with van der Waals surface area (Å²) in [5.74, 6) is -1.11. The van der Waals surface area contributed by atoms with E-state index in [9.17, 15) is 14.4 Å². The molecule has 6 heteroatoms. The fourth-order valence-electron chi connectivity index (χ4n) is 1.77. The van der Waals surface area contributed by atoms with Gasteiger partial charge in [0, 0.05) is 6.92 Å². The molecule has 0 saturated carbocycles. The summed E-state index contributed by atoms with van der Waals surface area (Å²) in [6, 6.07) is 9.74. The standard InChI is InChI=1S/C15H14N2O4/c1-3-21-15(20)12-9-13(10(2)18)16-17(14(12)19)11-7-5-4-6-8-11/h4-9H,3H2,1-2H3. The average Bonchev–Trinajstić information content (AvgIpc) is 2.48. The number of nitrogens with zero attached hydrogens (tertiary/aromatic N) is 2. The molecule has 0 saturated heterocycles. The second-order valence-corrected chi connectivity index (χ2v) is 4.27. The minimum absolute atomic E-state index is 0.0292. The third kappa shape index (κ3) is 3.05. The third-order valence-electron chi connectivity index (χ3n) is 2.77. The van der Waals surface area contributed by atoms with E-state index in [0.29, 0.717) is 5.69 Å². The molecule has 0 amide bonds. The molecule has 2 rings (SSSR count). The van der Waals surface area contributed by atoms with Crippen molar-refractivity contribution in [2.24, 2.45) is 0 Å². The summed E-state index contributed by atoms with van der Waals surface area (Å²) in [6.07, 6.45) is 0. The molecule has 0 atom stereocenters. The van der Waals surface area contributed by atoms with Gasteiger partial charge in [-0.05, 0) is 25.1 Å². The number of carbonyl (C=O) groups excluding carboxylic acids is 2. The molecule has 1 heterocycles. The number of rotatable bonds is 4. The minimum atomic E-state index is -0.767. The topological polar surface area (TPSA) is 78.3 Å². The molecule has 6 nitrogen and oxygen atoms in total. The molecule has 0 aliphatic carbocycles. The van der Waals surface area contributed by atoms with Crippen LogP contribution in [-0.2, 0) is 4.74 Å². The van der Waals surface area contributed by atoms with Gasteiger partial charge < -0.3 is 4.74 Å². The van der Waals surface area contributed by atoms with Crippen molar-refractivity contribution in [1.29, 1.82) is 0 Å². The van der Waals surface area contributed by atoms with Crippen molar-refractivity contribution < 1.29 is 14.3 Å². The van der Waals surface area contributed by atoms with Gasteiger partial charge in [0.15, 0.2) is 5.78 Å². The molecule has 0 bridgehead atoms. The highest BCUT2D eigenvalue weighted by molar-refractivity contribution is 5.96. The van der Waals surface area contributed by atoms with Crippen LogP contribution in [0, 0.1) is 0 Å². The van der Waals surface area contributed by atoms with Gasteiger partial charge in [-0.1, -0.05) is 18.2 Å². The minimum Gasteiger partial charge on any atom is -0.462 e. The number of ketones is 1. The van der Waals surface area contributed by atoms with Gasteiger partial charge in [0.1, 0.15) is 11.3 Å². The molecule has 1 aromatic carbocycles. The number of ether oxygens (including phenoxy) is 1. The lowest BCUT2D eigenvalue weighted by Gasteiger charge is -2.08. The van der Waals surface area contributed by atoms with Crippen molar-refractivity contribution in [3.8, 4) is 5.69 Å². The van der Waals surface area contributed by atoms with E-state index in [0.717, 1.165) is 4.68 Å². The number of benzene rings is 1. The van der Waals surface area contributed by atoms with Crippen LogP contribution in [0.2, 0.25) is 0 Å². The summed E-state index contributed by atoms with van der Waals surface area (Å²) in [7, 11) is 0. The van der Waals surface area contributed by atoms with Gasteiger partial charge in [0.05, 0.1) is 12.3 Å². The molecule has 0 aliphatic rings. The molecule has 108 valence electrons. The number of hydrogen-bond acceptors (Lipinski definition) is 5. The van der Waals surface area contributed by atoms with Crippen LogP contribution in [0.3, 0.4) is 0 Å². The molecule has 0 aliphatic heterocycles. The first-order chi connectivity index (χ1) is 10.0. The van der Waals surface area contributed by atoms with E-state index in [-0.39, 0.29) is 23.6 Å². The maximum absolute atomic E-state index is 12.3. The Morgan fingerprint density at radius 1 is 1.24 bits per heavy atom. The smallest absolute Gasteiger partial charge is 0.343 e. The van der Waals surface area contributed by atoms with Crippen LogP contribution >= 0.6 is 0 Å². The Balaban J connectivity index is 2.68. The highest BCUT2D eigenvalue weighted by atomic mass is 16.5. The predicted molar refractivity (Wildman–Crippen MR) is 75.8 cm³/mol. The Labute approximate surface area is 121 Å². The van der Waals surface area contributed by atoms with Crippen LogP contribution in [-0.4, -0.2) is 28.1 Å². The lowest BCUT2D eigenvalue weighted by molar-refractivity contribution is 0.0523. The number of hydrogen-bond donors (Lipinski definition) is 0. The van der Waals surface area contributed by atoms with E-state index in [1.165, 1.54) is 13.0 Å². The number of Topliss-reactive ketones (excluding diaryl/α,β-unsaturated/α-hetero) is 1. The first-order valence-corrected chi connectivity index (χ1v) is 6.42. The number of esters is 1. The quantitative estimate of drug-likeness (QED) is 0.630. The summed E-state index contributed by atoms with van der Waals surface area (Å²) in [6.45, 7) is 3.10. The highest BCUT2D eigenvalue weighted by Gasteiger charge is 2.18. The van der Waals surface area contributed by atoms with Crippen molar-refractivity contribution in [1.82, 2.24) is 9.78 Å². The second kappa shape index (κ2) is 6.13. The zero-order valence-corrected chi connectivity index (χ0v) is 11.7. The molecule has 2 aromatic rings. The van der Waals surface area contributed by atoms with Crippen LogP contribution in [0.4, 0.5) is 0 Å². The molecule has 1 aromatic heterocycles. The maximum atomic E-state index is 12.3. The lowest BCUT2D eigenvalue weighted by atomic mass is 10.2. The molecule has 21 heavy (non-hydrogen) atoms. The molecule has 0 fully saturated rings. The van der Waals surface area contributed by atoms with E-state index in [1.807, 2.05) is 0 Å². The fraction of sp³-hybridized carbons (Fsp3) is 0.200. The van der Waals surface area contributed by atoms with Crippen molar-refractivity contribution in [3.63, 3.8) is 0 Å². The van der Waals surface area contributed by atoms with Crippen molar-refractivity contribution in [2.75, 3.05) is 6.61 Å². The summed E-state index contributed by atoms with van der Waals surface area (Å²) in [4.78, 5) is 35.7. The SMILES string of the molecule is CCOC(=O)c1cc(C(C)=O)nn(-c2ccccc2)c1=O. The second-order valence-electron chi connectivity index (χ2n) is 4.27. The monoisotopic (exact) mass is 286 g/mol. The molecule has 0 N–H and O–H groups in total. The number of para-hydroxylation sites is 1. The largest absolute Gasteiger partial charge is 0.462 e. The molecule has 0 radical (unpaired) electrons. The van der Waals surface area contributed by atoms with Crippen molar-refractivity contribution >= 4 is 11.8 Å². The van der Waals surface area contributed by atoms with Gasteiger partial charge in [-0.2, -0.15) is 9.78 Å². The molecule has 0 spiro atoms. The summed E-state index contributed by atoms with van der Waals surface area (Å²) >= 11 is 0. The van der Waals surface area contributed by atoms with E-state index in [2.05, 4.69) is 5.10 Å². The lowest BCUT2D eigenvalue weighted by Crippen LogP contribution is -2.30. The van der Waals surface area contributed by atoms with E-state index >= 15 is 0 Å². The third-order valence-corrected chi connectivity index (χ3v) is 2.77. The summed E-state index contributed by atoms with van der Waals surface area (Å²) in [5.41, 5.74) is -0.330. The van der Waals surface area contributed by atoms with E-state index < -0.39 is 11.5 Å². The summed E-state index contributed by atoms with van der Waals surface area (Å²) in [5, 5.41) is 3.99. The number of aromatic nitrogens is 2. The van der Waals surface area contributed by atoms with Crippen LogP contribution < -0.4 is 5.56 Å². The van der Waals surface area contributed by atoms with Gasteiger partial charge in [-0.25, -0.2) is 4.79 Å². The normalized spacial score (nSPS) is 10.2. The predicted octanol–water partition coefficient (Wildman–Crippen LogP) is 1.61. The van der Waals surface area contributed by atoms with Gasteiger partial charge in [0.25, 0.3) is 5.56 Å². The Bertz CT molecular complexity index is 735. The maximum Gasteiger partial charge on any atom is 0.343 e. The molecular formula is C15H14N2O4. The van der Waals surface area contributed by atoms with Gasteiger partial charge in [0.2, 0.25) is 0 Å². The molecular weight excluding hydrogens is 272 g/mol. The van der Waals surface area contributed by atoms with Gasteiger partial charge >= 0.3 is 5.97 Å². The van der Waals surface area contributed by atoms with Crippen LogP contribution in [0.1, 0.15) is 34.7 Å². The van der Waals surface area contributed by atoms with Gasteiger partial charge in [-0.15, -0.1) is 0 Å². The Morgan fingerprint density at radius 3 is 2.48 bits per heavy atom.